The van der Waals surface area contributed by atoms with Gasteiger partial charge in [-0.05, 0) is 43.8 Å². The Morgan fingerprint density at radius 3 is 2.60 bits per heavy atom. The Bertz CT molecular complexity index is 347. The first-order valence-electron chi connectivity index (χ1n) is 5.15. The van der Waals surface area contributed by atoms with E-state index in [4.69, 9.17) is 0 Å². The van der Waals surface area contributed by atoms with Gasteiger partial charge in [-0.2, -0.15) is 0 Å². The van der Waals surface area contributed by atoms with Gasteiger partial charge in [0.1, 0.15) is 0 Å². The van der Waals surface area contributed by atoms with Gasteiger partial charge in [-0.15, -0.1) is 11.3 Å². The molecule has 1 aromatic heterocycles. The summed E-state index contributed by atoms with van der Waals surface area (Å²) in [5, 5.41) is 0. The van der Waals surface area contributed by atoms with E-state index < -0.39 is 0 Å². The maximum Gasteiger partial charge on any atom is 0.173 e. The Morgan fingerprint density at radius 2 is 2.07 bits per heavy atom. The second-order valence-electron chi connectivity index (χ2n) is 4.01. The molecule has 0 spiro atoms. The zero-order chi connectivity index (χ0) is 10.8. The molecule has 1 aliphatic carbocycles. The molecule has 0 atom stereocenters. The second-order valence-corrected chi connectivity index (χ2v) is 7.23. The Kier molecular flexibility index (Phi) is 4.02. The quantitative estimate of drug-likeness (QED) is 0.697. The summed E-state index contributed by atoms with van der Waals surface area (Å²) in [6.07, 6.45) is 5.81. The van der Waals surface area contributed by atoms with Crippen molar-refractivity contribution in [2.45, 2.75) is 32.1 Å². The van der Waals surface area contributed by atoms with Crippen molar-refractivity contribution in [3.05, 3.63) is 19.2 Å². The number of halogens is 2. The van der Waals surface area contributed by atoms with Gasteiger partial charge in [0.25, 0.3) is 0 Å². The Labute approximate surface area is 111 Å². The lowest BCUT2D eigenvalue weighted by atomic mass is 10.0. The van der Waals surface area contributed by atoms with Gasteiger partial charge in [-0.25, -0.2) is 0 Å². The molecule has 0 radical (unpaired) electrons. The van der Waals surface area contributed by atoms with Gasteiger partial charge in [-0.1, -0.05) is 25.7 Å². The molecule has 1 aliphatic rings. The Balaban J connectivity index is 2.00. The van der Waals surface area contributed by atoms with Crippen molar-refractivity contribution >= 4 is 49.0 Å². The average Bonchev–Trinajstić information content (AvgIpc) is 2.78. The first-order chi connectivity index (χ1) is 7.16. The number of ketones is 1. The first kappa shape index (κ1) is 11.8. The fourth-order valence-electron chi connectivity index (χ4n) is 2.06. The second kappa shape index (κ2) is 5.11. The van der Waals surface area contributed by atoms with Crippen LogP contribution in [0.1, 0.15) is 41.8 Å². The van der Waals surface area contributed by atoms with E-state index in [2.05, 4.69) is 31.9 Å². The summed E-state index contributed by atoms with van der Waals surface area (Å²) in [4.78, 5) is 12.8. The number of carbonyl (C=O) groups is 1. The number of carbonyl (C=O) groups excluding carboxylic acids is 1. The molecule has 1 aromatic rings. The lowest BCUT2D eigenvalue weighted by Gasteiger charge is -2.05. The van der Waals surface area contributed by atoms with Gasteiger partial charge >= 0.3 is 0 Å². The molecule has 2 rings (SSSR count). The number of hydrogen-bond acceptors (Lipinski definition) is 2. The Hall–Kier alpha value is 0.330. The van der Waals surface area contributed by atoms with Crippen LogP contribution in [-0.2, 0) is 0 Å². The lowest BCUT2D eigenvalue weighted by molar-refractivity contribution is 0.0966. The van der Waals surface area contributed by atoms with E-state index in [1.54, 1.807) is 0 Å². The molecule has 1 saturated carbocycles. The van der Waals surface area contributed by atoms with E-state index in [0.29, 0.717) is 11.7 Å². The predicted molar refractivity (Wildman–Crippen MR) is 70.6 cm³/mol. The predicted octanol–water partition coefficient (Wildman–Crippen LogP) is 5.04. The van der Waals surface area contributed by atoms with Crippen molar-refractivity contribution in [1.82, 2.24) is 0 Å². The summed E-state index contributed by atoms with van der Waals surface area (Å²) in [5.74, 6) is 0.940. The molecule has 15 heavy (non-hydrogen) atoms. The van der Waals surface area contributed by atoms with Gasteiger partial charge in [-0.3, -0.25) is 4.79 Å². The van der Waals surface area contributed by atoms with Gasteiger partial charge in [0, 0.05) is 10.9 Å². The minimum Gasteiger partial charge on any atom is -0.293 e. The smallest absolute Gasteiger partial charge is 0.173 e. The van der Waals surface area contributed by atoms with Crippen LogP contribution in [-0.4, -0.2) is 5.78 Å². The number of Topliss-reactive ketones (excluding diaryl/α,β-unsaturated/α-hetero) is 1. The molecule has 82 valence electrons. The molecule has 0 bridgehead atoms. The maximum atomic E-state index is 11.9. The van der Waals surface area contributed by atoms with Crippen LogP contribution in [0.25, 0.3) is 0 Å². The molecule has 0 aliphatic heterocycles. The molecule has 0 amide bonds. The highest BCUT2D eigenvalue weighted by Gasteiger charge is 2.20. The van der Waals surface area contributed by atoms with Crippen LogP contribution in [0.15, 0.2) is 14.3 Å². The normalized spacial score (nSPS) is 17.2. The molecule has 0 saturated heterocycles. The van der Waals surface area contributed by atoms with Crippen molar-refractivity contribution < 1.29 is 4.79 Å². The molecular formula is C11H12Br2OS. The summed E-state index contributed by atoms with van der Waals surface area (Å²) in [7, 11) is 0. The van der Waals surface area contributed by atoms with Crippen LogP contribution in [0.2, 0.25) is 0 Å². The lowest BCUT2D eigenvalue weighted by Crippen LogP contribution is -2.03. The highest BCUT2D eigenvalue weighted by atomic mass is 79.9. The van der Waals surface area contributed by atoms with Gasteiger partial charge in [0.05, 0.1) is 8.66 Å². The summed E-state index contributed by atoms with van der Waals surface area (Å²) in [5.41, 5.74) is 0. The van der Waals surface area contributed by atoms with Crippen LogP contribution < -0.4 is 0 Å². The molecule has 4 heteroatoms. The highest BCUT2D eigenvalue weighted by molar-refractivity contribution is 9.13. The van der Waals surface area contributed by atoms with E-state index in [1.807, 2.05) is 6.07 Å². The molecule has 1 fully saturated rings. The average molecular weight is 352 g/mol. The van der Waals surface area contributed by atoms with Gasteiger partial charge in [0.2, 0.25) is 0 Å². The standard InChI is InChI=1S/C11H12Br2OS/c12-8-6-10(15-11(8)13)9(14)5-7-3-1-2-4-7/h6-7H,1-5H2. The van der Waals surface area contributed by atoms with Crippen LogP contribution in [0.3, 0.4) is 0 Å². The van der Waals surface area contributed by atoms with Crippen LogP contribution in [0.4, 0.5) is 0 Å². The molecule has 0 aromatic carbocycles. The minimum absolute atomic E-state index is 0.304. The van der Waals surface area contributed by atoms with Crippen molar-refractivity contribution in [3.63, 3.8) is 0 Å². The fraction of sp³-hybridized carbons (Fsp3) is 0.545. The van der Waals surface area contributed by atoms with Gasteiger partial charge in [0.15, 0.2) is 5.78 Å². The topological polar surface area (TPSA) is 17.1 Å². The summed E-state index contributed by atoms with van der Waals surface area (Å²) < 4.78 is 2.00. The number of thiophene rings is 1. The van der Waals surface area contributed by atoms with E-state index >= 15 is 0 Å². The summed E-state index contributed by atoms with van der Waals surface area (Å²) in [6, 6.07) is 1.92. The van der Waals surface area contributed by atoms with E-state index in [0.717, 1.165) is 19.6 Å². The minimum atomic E-state index is 0.304. The van der Waals surface area contributed by atoms with E-state index in [-0.39, 0.29) is 0 Å². The van der Waals surface area contributed by atoms with E-state index in [9.17, 15) is 4.79 Å². The van der Waals surface area contributed by atoms with E-state index in [1.165, 1.54) is 37.0 Å². The van der Waals surface area contributed by atoms with Crippen LogP contribution in [0.5, 0.6) is 0 Å². The maximum absolute atomic E-state index is 11.9. The monoisotopic (exact) mass is 350 g/mol. The third kappa shape index (κ3) is 2.92. The third-order valence-electron chi connectivity index (χ3n) is 2.87. The number of hydrogen-bond donors (Lipinski definition) is 0. The molecule has 1 nitrogen and oxygen atoms in total. The van der Waals surface area contributed by atoms with Crippen molar-refractivity contribution in [2.75, 3.05) is 0 Å². The zero-order valence-corrected chi connectivity index (χ0v) is 12.3. The summed E-state index contributed by atoms with van der Waals surface area (Å²) >= 11 is 8.35. The third-order valence-corrected chi connectivity index (χ3v) is 6.17. The molecular weight excluding hydrogens is 340 g/mol. The summed E-state index contributed by atoms with van der Waals surface area (Å²) in [6.45, 7) is 0. The molecule has 0 unspecified atom stereocenters. The molecule has 1 heterocycles. The largest absolute Gasteiger partial charge is 0.293 e. The SMILES string of the molecule is O=C(CC1CCCC1)c1cc(Br)c(Br)s1. The van der Waals surface area contributed by atoms with Crippen LogP contribution in [0, 0.1) is 5.92 Å². The highest BCUT2D eigenvalue weighted by Crippen LogP contribution is 2.35. The van der Waals surface area contributed by atoms with Gasteiger partial charge < -0.3 is 0 Å². The first-order valence-corrected chi connectivity index (χ1v) is 7.55. The fourth-order valence-corrected chi connectivity index (χ4v) is 4.05. The zero-order valence-electron chi connectivity index (χ0n) is 8.26. The van der Waals surface area contributed by atoms with Crippen molar-refractivity contribution in [3.8, 4) is 0 Å². The molecule has 0 N–H and O–H groups in total. The Morgan fingerprint density at radius 1 is 1.40 bits per heavy atom. The van der Waals surface area contributed by atoms with Crippen molar-refractivity contribution in [2.24, 2.45) is 5.92 Å². The van der Waals surface area contributed by atoms with Crippen molar-refractivity contribution in [1.29, 1.82) is 0 Å². The number of rotatable bonds is 3. The van der Waals surface area contributed by atoms with Crippen LogP contribution >= 0.6 is 43.2 Å².